The fourth-order valence-corrected chi connectivity index (χ4v) is 6.72. The maximum Gasteiger partial charge on any atom is 0.355 e. The second-order valence-electron chi connectivity index (χ2n) is 11.6. The molecule has 0 amide bonds. The number of rotatable bonds is 10. The number of nitrogens with zero attached hydrogens (tertiary/aromatic N) is 3. The van der Waals surface area contributed by atoms with E-state index in [-0.39, 0.29) is 12.1 Å². The van der Waals surface area contributed by atoms with E-state index in [1.807, 2.05) is 24.3 Å². The van der Waals surface area contributed by atoms with Crippen molar-refractivity contribution in [3.63, 3.8) is 0 Å². The van der Waals surface area contributed by atoms with Gasteiger partial charge in [-0.2, -0.15) is 5.10 Å². The highest BCUT2D eigenvalue weighted by Gasteiger charge is 2.30. The molecule has 3 N–H and O–H groups in total. The number of nitrogens with two attached hydrogens (primary N) is 1. The summed E-state index contributed by atoms with van der Waals surface area (Å²) >= 11 is 1.14. The van der Waals surface area contributed by atoms with Crippen LogP contribution in [0, 0.1) is 17.6 Å². The van der Waals surface area contributed by atoms with Gasteiger partial charge in [-0.25, -0.2) is 36.8 Å². The first-order valence-corrected chi connectivity index (χ1v) is 16.8. The molecule has 2 heterocycles. The number of aromatic carboxylic acids is 1. The zero-order valence-electron chi connectivity index (χ0n) is 24.5. The monoisotopic (exact) mass is 648 g/mol. The summed E-state index contributed by atoms with van der Waals surface area (Å²) in [4.78, 5) is 15.3. The van der Waals surface area contributed by atoms with Crippen molar-refractivity contribution in [3.8, 4) is 27.5 Å². The lowest BCUT2D eigenvalue weighted by atomic mass is 9.94. The number of halogens is 2. The molecule has 232 valence electrons. The van der Waals surface area contributed by atoms with Gasteiger partial charge >= 0.3 is 5.97 Å². The molecule has 0 saturated heterocycles. The number of carboxylic acids is 1. The van der Waals surface area contributed by atoms with Gasteiger partial charge in [-0.1, -0.05) is 44.2 Å². The Morgan fingerprint density at radius 2 is 1.76 bits per heavy atom. The van der Waals surface area contributed by atoms with Crippen LogP contribution in [0.5, 0.6) is 0 Å². The Kier molecular flexibility index (Phi) is 8.14. The number of aromatic nitrogens is 3. The Morgan fingerprint density at radius 3 is 2.36 bits per heavy atom. The predicted octanol–water partition coefficient (Wildman–Crippen LogP) is 6.95. The van der Waals surface area contributed by atoms with Gasteiger partial charge in [-0.3, -0.25) is 0 Å². The molecule has 8 nitrogen and oxygen atoms in total. The molecule has 0 unspecified atom stereocenters. The summed E-state index contributed by atoms with van der Waals surface area (Å²) in [5.41, 5.74) is 5.21. The molecule has 3 aromatic carbocycles. The summed E-state index contributed by atoms with van der Waals surface area (Å²) in [5, 5.41) is 21.4. The van der Waals surface area contributed by atoms with Crippen LogP contribution in [0.25, 0.3) is 27.5 Å². The quantitative estimate of drug-likeness (QED) is 0.169. The fourth-order valence-electron chi connectivity index (χ4n) is 5.36. The van der Waals surface area contributed by atoms with Crippen LogP contribution >= 0.6 is 11.3 Å². The molecular weight excluding hydrogens is 619 g/mol. The van der Waals surface area contributed by atoms with Crippen molar-refractivity contribution in [3.05, 3.63) is 106 Å². The van der Waals surface area contributed by atoms with E-state index >= 15 is 4.39 Å². The van der Waals surface area contributed by atoms with Crippen molar-refractivity contribution in [2.45, 2.75) is 50.3 Å². The third kappa shape index (κ3) is 6.44. The van der Waals surface area contributed by atoms with Crippen molar-refractivity contribution >= 4 is 27.3 Å². The Bertz CT molecular complexity index is 2030. The first-order chi connectivity index (χ1) is 21.4. The molecule has 0 atom stereocenters. The number of hydrogen-bond donors (Lipinski definition) is 2. The Balaban J connectivity index is 1.52. The van der Waals surface area contributed by atoms with E-state index in [1.54, 1.807) is 16.8 Å². The molecule has 0 bridgehead atoms. The lowest BCUT2D eigenvalue weighted by Gasteiger charge is -2.11. The van der Waals surface area contributed by atoms with Crippen LogP contribution < -0.4 is 5.14 Å². The summed E-state index contributed by atoms with van der Waals surface area (Å²) in [7, 11) is -4.25. The number of benzene rings is 3. The number of carboxylic acid groups (broad SMARTS) is 1. The highest BCUT2D eigenvalue weighted by atomic mass is 32.2. The Hall–Kier alpha value is -4.26. The van der Waals surface area contributed by atoms with Crippen LogP contribution in [-0.2, 0) is 22.9 Å². The lowest BCUT2D eigenvalue weighted by molar-refractivity contribution is 0.0691. The number of sulfonamides is 1. The molecule has 1 aliphatic rings. The van der Waals surface area contributed by atoms with E-state index in [2.05, 4.69) is 18.8 Å². The fraction of sp³-hybridized carbons (Fsp3) is 0.242. The largest absolute Gasteiger partial charge is 0.476 e. The third-order valence-corrected chi connectivity index (χ3v) is 9.73. The average molecular weight is 649 g/mol. The Morgan fingerprint density at radius 1 is 1.04 bits per heavy atom. The lowest BCUT2D eigenvalue weighted by Crippen LogP contribution is -2.14. The number of primary sulfonamides is 1. The van der Waals surface area contributed by atoms with E-state index < -0.39 is 32.5 Å². The van der Waals surface area contributed by atoms with Gasteiger partial charge in [0.05, 0.1) is 11.4 Å². The van der Waals surface area contributed by atoms with Gasteiger partial charge < -0.3 is 5.11 Å². The molecule has 0 aliphatic heterocycles. The van der Waals surface area contributed by atoms with Gasteiger partial charge in [0.1, 0.15) is 16.5 Å². The summed E-state index contributed by atoms with van der Waals surface area (Å²) in [6, 6.07) is 16.2. The molecule has 45 heavy (non-hydrogen) atoms. The third-order valence-electron chi connectivity index (χ3n) is 7.97. The normalized spacial score (nSPS) is 13.5. The molecule has 1 saturated carbocycles. The predicted molar refractivity (Wildman–Crippen MR) is 168 cm³/mol. The topological polar surface area (TPSA) is 128 Å². The van der Waals surface area contributed by atoms with Crippen LogP contribution in [0.2, 0.25) is 0 Å². The second kappa shape index (κ2) is 11.9. The van der Waals surface area contributed by atoms with Crippen LogP contribution in [-0.4, -0.2) is 34.3 Å². The molecule has 1 aliphatic carbocycles. The van der Waals surface area contributed by atoms with Crippen molar-refractivity contribution in [2.75, 3.05) is 0 Å². The summed E-state index contributed by atoms with van der Waals surface area (Å²) < 4.78 is 55.5. The van der Waals surface area contributed by atoms with Crippen LogP contribution in [0.15, 0.2) is 70.9 Å². The first-order valence-electron chi connectivity index (χ1n) is 14.4. The van der Waals surface area contributed by atoms with Crippen molar-refractivity contribution in [1.29, 1.82) is 0 Å². The maximum absolute atomic E-state index is 15.3. The van der Waals surface area contributed by atoms with Gasteiger partial charge in [-0.05, 0) is 78.1 Å². The molecule has 1 fully saturated rings. The van der Waals surface area contributed by atoms with Gasteiger partial charge in [0.2, 0.25) is 15.2 Å². The highest BCUT2D eigenvalue weighted by Crippen LogP contribution is 2.39. The van der Waals surface area contributed by atoms with Crippen molar-refractivity contribution in [1.82, 2.24) is 14.8 Å². The van der Waals surface area contributed by atoms with E-state index in [4.69, 9.17) is 10.2 Å². The summed E-state index contributed by atoms with van der Waals surface area (Å²) in [6.07, 6.45) is 2.82. The second-order valence-corrected chi connectivity index (χ2v) is 14.0. The highest BCUT2D eigenvalue weighted by molar-refractivity contribution is 7.89. The Labute approximate surface area is 263 Å². The molecule has 12 heteroatoms. The van der Waals surface area contributed by atoms with E-state index in [9.17, 15) is 22.7 Å². The molecule has 2 aromatic heterocycles. The van der Waals surface area contributed by atoms with Gasteiger partial charge in [0.25, 0.3) is 0 Å². The van der Waals surface area contributed by atoms with Crippen LogP contribution in [0.3, 0.4) is 0 Å². The molecule has 6 rings (SSSR count). The summed E-state index contributed by atoms with van der Waals surface area (Å²) in [6.45, 7) is 4.17. The minimum absolute atomic E-state index is 0.111. The van der Waals surface area contributed by atoms with Crippen LogP contribution in [0.4, 0.5) is 8.78 Å². The first kappa shape index (κ1) is 30.8. The van der Waals surface area contributed by atoms with Crippen LogP contribution in [0.1, 0.15) is 65.5 Å². The number of hydrogen-bond acceptors (Lipinski definition) is 6. The minimum atomic E-state index is -4.25. The van der Waals surface area contributed by atoms with Gasteiger partial charge in [0.15, 0.2) is 5.69 Å². The zero-order valence-corrected chi connectivity index (χ0v) is 26.1. The average Bonchev–Trinajstić information content (AvgIpc) is 3.55. The van der Waals surface area contributed by atoms with Crippen molar-refractivity contribution in [2.24, 2.45) is 11.1 Å². The molecule has 0 radical (unpaired) electrons. The van der Waals surface area contributed by atoms with E-state index in [0.717, 1.165) is 53.1 Å². The maximum atomic E-state index is 15.3. The molecule has 5 aromatic rings. The number of thiazole rings is 1. The van der Waals surface area contributed by atoms with Crippen molar-refractivity contribution < 1.29 is 27.1 Å². The summed E-state index contributed by atoms with van der Waals surface area (Å²) in [5.74, 6) is -1.82. The number of carbonyl (C=O) groups is 1. The smallest absolute Gasteiger partial charge is 0.355 e. The molecular formula is C33H30F2N4O4S2. The molecule has 0 spiro atoms. The van der Waals surface area contributed by atoms with E-state index in [1.165, 1.54) is 17.5 Å². The van der Waals surface area contributed by atoms with Gasteiger partial charge in [-0.15, -0.1) is 11.3 Å². The van der Waals surface area contributed by atoms with E-state index in [0.29, 0.717) is 51.3 Å². The minimum Gasteiger partial charge on any atom is -0.476 e. The van der Waals surface area contributed by atoms with Gasteiger partial charge in [0, 0.05) is 28.5 Å². The zero-order chi connectivity index (χ0) is 32.0. The SMILES string of the molecule is CC(C)c1ccc(-c2cc(-c3nn(-c4nc(C(=O)O)cs4)c(CC4CC4)c3Cc3ccc(S(N)(=O)=O)c(F)c3)ccc2F)cc1. The standard InChI is InChI=1S/C33H30F2N4O4S2/c1-18(2)21-6-8-22(9-7-21)24-16-23(10-11-26(24)34)31-25(13-20-5-12-30(27(35)14-20)45(36,42)43)29(15-19-3-4-19)39(38-31)33-37-28(17-44-33)32(40)41/h5-12,14,16-19H,3-4,13,15H2,1-2H3,(H,40,41)(H2,36,42,43).